The highest BCUT2D eigenvalue weighted by molar-refractivity contribution is 5.27. The predicted molar refractivity (Wildman–Crippen MR) is 69.9 cm³/mol. The Kier molecular flexibility index (Phi) is 5.03. The highest BCUT2D eigenvalue weighted by Gasteiger charge is 2.15. The molecule has 0 aliphatic carbocycles. The number of nitrogens with zero attached hydrogens (tertiary/aromatic N) is 1. The van der Waals surface area contributed by atoms with E-state index in [-0.39, 0.29) is 5.41 Å². The van der Waals surface area contributed by atoms with Crippen molar-refractivity contribution in [1.82, 2.24) is 0 Å². The van der Waals surface area contributed by atoms with Crippen LogP contribution in [-0.2, 0) is 0 Å². The van der Waals surface area contributed by atoms with Gasteiger partial charge in [-0.1, -0.05) is 12.1 Å². The summed E-state index contributed by atoms with van der Waals surface area (Å²) in [6.07, 6.45) is 2.96. The van der Waals surface area contributed by atoms with Gasteiger partial charge >= 0.3 is 0 Å². The lowest BCUT2D eigenvalue weighted by atomic mass is 9.89. The summed E-state index contributed by atoms with van der Waals surface area (Å²) >= 11 is 0. The lowest BCUT2D eigenvalue weighted by Crippen LogP contribution is -2.08. The first-order chi connectivity index (χ1) is 8.03. The topological polar surface area (TPSA) is 33.0 Å². The van der Waals surface area contributed by atoms with Crippen LogP contribution in [0, 0.1) is 23.7 Å². The van der Waals surface area contributed by atoms with E-state index < -0.39 is 0 Å². The van der Waals surface area contributed by atoms with E-state index in [1.54, 1.807) is 0 Å². The average molecular weight is 231 g/mol. The van der Waals surface area contributed by atoms with E-state index in [2.05, 4.69) is 19.1 Å². The SMILES string of the molecule is Cc1cccc(OCCCCC(C)(C)C#N)c1. The van der Waals surface area contributed by atoms with Gasteiger partial charge in [0.25, 0.3) is 0 Å². The van der Waals surface area contributed by atoms with Crippen molar-refractivity contribution in [3.05, 3.63) is 29.8 Å². The van der Waals surface area contributed by atoms with Gasteiger partial charge in [-0.15, -0.1) is 0 Å². The summed E-state index contributed by atoms with van der Waals surface area (Å²) in [6, 6.07) is 10.4. The van der Waals surface area contributed by atoms with Gasteiger partial charge in [0.05, 0.1) is 18.1 Å². The number of hydrogen-bond donors (Lipinski definition) is 0. The van der Waals surface area contributed by atoms with Gasteiger partial charge < -0.3 is 4.74 Å². The van der Waals surface area contributed by atoms with Crippen LogP contribution in [0.3, 0.4) is 0 Å². The summed E-state index contributed by atoms with van der Waals surface area (Å²) < 4.78 is 5.65. The second-order valence-corrected chi connectivity index (χ2v) is 5.12. The van der Waals surface area contributed by atoms with Crippen LogP contribution in [0.15, 0.2) is 24.3 Å². The number of benzene rings is 1. The quantitative estimate of drug-likeness (QED) is 0.691. The van der Waals surface area contributed by atoms with Crippen molar-refractivity contribution in [2.45, 2.75) is 40.0 Å². The molecule has 0 bridgehead atoms. The van der Waals surface area contributed by atoms with Gasteiger partial charge in [0.2, 0.25) is 0 Å². The van der Waals surface area contributed by atoms with E-state index in [0.29, 0.717) is 0 Å². The predicted octanol–water partition coefficient (Wildman–Crippen LogP) is 4.09. The van der Waals surface area contributed by atoms with E-state index in [4.69, 9.17) is 10.00 Å². The summed E-state index contributed by atoms with van der Waals surface area (Å²) in [5, 5.41) is 8.88. The monoisotopic (exact) mass is 231 g/mol. The Bertz CT molecular complexity index is 390. The fourth-order valence-corrected chi connectivity index (χ4v) is 1.62. The maximum Gasteiger partial charge on any atom is 0.119 e. The van der Waals surface area contributed by atoms with Crippen molar-refractivity contribution in [3.8, 4) is 11.8 Å². The number of unbranched alkanes of at least 4 members (excludes halogenated alkanes) is 1. The van der Waals surface area contributed by atoms with Gasteiger partial charge in [0.15, 0.2) is 0 Å². The Hall–Kier alpha value is -1.49. The molecule has 17 heavy (non-hydrogen) atoms. The maximum atomic E-state index is 8.88. The Morgan fingerprint density at radius 3 is 2.71 bits per heavy atom. The number of hydrogen-bond acceptors (Lipinski definition) is 2. The van der Waals surface area contributed by atoms with Crippen LogP contribution in [0.1, 0.15) is 38.7 Å². The molecule has 0 aliphatic heterocycles. The van der Waals surface area contributed by atoms with Crippen LogP contribution in [0.25, 0.3) is 0 Å². The van der Waals surface area contributed by atoms with Gasteiger partial charge in [-0.2, -0.15) is 5.26 Å². The van der Waals surface area contributed by atoms with Crippen molar-refractivity contribution < 1.29 is 4.74 Å². The van der Waals surface area contributed by atoms with Crippen LogP contribution >= 0.6 is 0 Å². The normalized spacial score (nSPS) is 10.9. The molecule has 0 saturated heterocycles. The van der Waals surface area contributed by atoms with Crippen molar-refractivity contribution in [2.75, 3.05) is 6.61 Å². The van der Waals surface area contributed by atoms with Gasteiger partial charge in [0.1, 0.15) is 5.75 Å². The molecule has 0 spiro atoms. The minimum absolute atomic E-state index is 0.205. The van der Waals surface area contributed by atoms with E-state index in [1.165, 1.54) is 5.56 Å². The molecule has 1 rings (SSSR count). The van der Waals surface area contributed by atoms with Crippen LogP contribution in [-0.4, -0.2) is 6.61 Å². The Morgan fingerprint density at radius 2 is 2.06 bits per heavy atom. The molecule has 2 heteroatoms. The molecule has 2 nitrogen and oxygen atoms in total. The first-order valence-electron chi connectivity index (χ1n) is 6.14. The molecule has 0 heterocycles. The zero-order valence-electron chi connectivity index (χ0n) is 11.0. The summed E-state index contributed by atoms with van der Waals surface area (Å²) in [6.45, 7) is 6.75. The standard InChI is InChI=1S/C15H21NO/c1-13-7-6-8-14(11-13)17-10-5-4-9-15(2,3)12-16/h6-8,11H,4-5,9-10H2,1-3H3. The van der Waals surface area contributed by atoms with Gasteiger partial charge in [0, 0.05) is 0 Å². The van der Waals surface area contributed by atoms with Crippen LogP contribution in [0.2, 0.25) is 0 Å². The third-order valence-corrected chi connectivity index (χ3v) is 2.76. The lowest BCUT2D eigenvalue weighted by Gasteiger charge is -2.14. The summed E-state index contributed by atoms with van der Waals surface area (Å²) in [5.41, 5.74) is 1.01. The first-order valence-corrected chi connectivity index (χ1v) is 6.14. The summed E-state index contributed by atoms with van der Waals surface area (Å²) in [5.74, 6) is 0.935. The van der Waals surface area contributed by atoms with Crippen LogP contribution < -0.4 is 4.74 Å². The smallest absolute Gasteiger partial charge is 0.119 e. The molecule has 92 valence electrons. The molecule has 0 aliphatic rings. The molecule has 0 radical (unpaired) electrons. The minimum atomic E-state index is -0.205. The van der Waals surface area contributed by atoms with E-state index in [0.717, 1.165) is 31.6 Å². The molecule has 0 unspecified atom stereocenters. The Balaban J connectivity index is 2.19. The molecule has 0 fully saturated rings. The molecule has 0 saturated carbocycles. The highest BCUT2D eigenvalue weighted by Crippen LogP contribution is 2.21. The third-order valence-electron chi connectivity index (χ3n) is 2.76. The lowest BCUT2D eigenvalue weighted by molar-refractivity contribution is 0.295. The summed E-state index contributed by atoms with van der Waals surface area (Å²) in [4.78, 5) is 0. The second-order valence-electron chi connectivity index (χ2n) is 5.12. The molecular formula is C15H21NO. The molecule has 0 aromatic heterocycles. The van der Waals surface area contributed by atoms with E-state index in [9.17, 15) is 0 Å². The Labute approximate surface area is 104 Å². The first kappa shape index (κ1) is 13.6. The van der Waals surface area contributed by atoms with Gasteiger partial charge in [-0.25, -0.2) is 0 Å². The van der Waals surface area contributed by atoms with Crippen LogP contribution in [0.4, 0.5) is 0 Å². The second kappa shape index (κ2) is 6.30. The number of nitriles is 1. The molecule has 0 atom stereocenters. The zero-order valence-corrected chi connectivity index (χ0v) is 11.0. The average Bonchev–Trinajstić information content (AvgIpc) is 2.29. The largest absolute Gasteiger partial charge is 0.494 e. The summed E-state index contributed by atoms with van der Waals surface area (Å²) in [7, 11) is 0. The number of ether oxygens (including phenoxy) is 1. The van der Waals surface area contributed by atoms with Crippen molar-refractivity contribution >= 4 is 0 Å². The molecular weight excluding hydrogens is 210 g/mol. The van der Waals surface area contributed by atoms with Crippen molar-refractivity contribution in [2.24, 2.45) is 5.41 Å². The van der Waals surface area contributed by atoms with Gasteiger partial charge in [-0.3, -0.25) is 0 Å². The minimum Gasteiger partial charge on any atom is -0.494 e. The zero-order chi connectivity index (χ0) is 12.7. The number of aryl methyl sites for hydroxylation is 1. The fraction of sp³-hybridized carbons (Fsp3) is 0.533. The molecule has 0 N–H and O–H groups in total. The van der Waals surface area contributed by atoms with E-state index >= 15 is 0 Å². The van der Waals surface area contributed by atoms with Crippen molar-refractivity contribution in [1.29, 1.82) is 5.26 Å². The number of rotatable bonds is 6. The van der Waals surface area contributed by atoms with E-state index in [1.807, 2.05) is 32.0 Å². The van der Waals surface area contributed by atoms with Crippen molar-refractivity contribution in [3.63, 3.8) is 0 Å². The fourth-order valence-electron chi connectivity index (χ4n) is 1.62. The highest BCUT2D eigenvalue weighted by atomic mass is 16.5. The molecule has 1 aromatic carbocycles. The van der Waals surface area contributed by atoms with Crippen LogP contribution in [0.5, 0.6) is 5.75 Å². The van der Waals surface area contributed by atoms with Gasteiger partial charge in [-0.05, 0) is 57.7 Å². The third kappa shape index (κ3) is 5.40. The Morgan fingerprint density at radius 1 is 1.29 bits per heavy atom. The molecule has 1 aromatic rings. The maximum absolute atomic E-state index is 8.88. The molecule has 0 amide bonds.